The van der Waals surface area contributed by atoms with Gasteiger partial charge in [-0.25, -0.2) is 13.6 Å². The first-order valence-electron chi connectivity index (χ1n) is 11.0. The summed E-state index contributed by atoms with van der Waals surface area (Å²) in [5.74, 6) is -1.52. The van der Waals surface area contributed by atoms with Gasteiger partial charge in [0.1, 0.15) is 17.2 Å². The van der Waals surface area contributed by atoms with E-state index >= 15 is 0 Å². The van der Waals surface area contributed by atoms with E-state index < -0.39 is 17.7 Å². The highest BCUT2D eigenvalue weighted by atomic mass is 19.1. The Labute approximate surface area is 199 Å². The number of hydrogen-bond donors (Lipinski definition) is 3. The monoisotopic (exact) mass is 479 g/mol. The molecule has 1 aliphatic rings. The maximum Gasteiger partial charge on any atom is 0.432 e. The summed E-state index contributed by atoms with van der Waals surface area (Å²) >= 11 is 0. The molecular weight excluding hydrogens is 456 g/mol. The van der Waals surface area contributed by atoms with Crippen molar-refractivity contribution in [3.63, 3.8) is 0 Å². The number of nitrogen functional groups attached to an aromatic ring is 1. The normalized spacial score (nSPS) is 14.4. The number of pyridine rings is 1. The third-order valence-corrected chi connectivity index (χ3v) is 6.07. The van der Waals surface area contributed by atoms with E-state index in [9.17, 15) is 18.7 Å². The summed E-state index contributed by atoms with van der Waals surface area (Å²) < 4.78 is 29.8. The van der Waals surface area contributed by atoms with E-state index in [1.807, 2.05) is 24.3 Å². The molecule has 0 spiro atoms. The number of benzene rings is 2. The lowest BCUT2D eigenvalue weighted by atomic mass is 10.1. The van der Waals surface area contributed by atoms with E-state index in [4.69, 9.17) is 5.73 Å². The molecule has 11 heteroatoms. The van der Waals surface area contributed by atoms with Gasteiger partial charge in [0, 0.05) is 48.6 Å². The molecule has 9 nitrogen and oxygen atoms in total. The van der Waals surface area contributed by atoms with Crippen molar-refractivity contribution in [1.29, 1.82) is 0 Å². The highest BCUT2D eigenvalue weighted by molar-refractivity contribution is 5.97. The number of likely N-dealkylation sites (N-methyl/N-ethyl adjacent to an activating group) is 1. The van der Waals surface area contributed by atoms with Gasteiger partial charge in [-0.3, -0.25) is 4.98 Å². The van der Waals surface area contributed by atoms with E-state index in [0.29, 0.717) is 11.1 Å². The van der Waals surface area contributed by atoms with Crippen molar-refractivity contribution < 1.29 is 18.7 Å². The molecule has 0 saturated carbocycles. The number of hydrogen-bond acceptors (Lipinski definition) is 7. The Morgan fingerprint density at radius 3 is 2.34 bits per heavy atom. The zero-order valence-corrected chi connectivity index (χ0v) is 18.9. The van der Waals surface area contributed by atoms with Gasteiger partial charge in [-0.05, 0) is 49.5 Å². The summed E-state index contributed by atoms with van der Waals surface area (Å²) in [7, 11) is 2.10. The summed E-state index contributed by atoms with van der Waals surface area (Å²) in [4.78, 5) is 20.4. The van der Waals surface area contributed by atoms with Crippen molar-refractivity contribution >= 4 is 39.9 Å². The second-order valence-electron chi connectivity index (χ2n) is 8.45. The lowest BCUT2D eigenvalue weighted by Gasteiger charge is -2.34. The van der Waals surface area contributed by atoms with E-state index in [0.717, 1.165) is 48.7 Å². The molecule has 2 aromatic heterocycles. The minimum atomic E-state index is -1.31. The van der Waals surface area contributed by atoms with Crippen LogP contribution >= 0.6 is 0 Å². The van der Waals surface area contributed by atoms with Crippen LogP contribution in [-0.2, 0) is 0 Å². The number of halogens is 2. The fourth-order valence-electron chi connectivity index (χ4n) is 4.18. The van der Waals surface area contributed by atoms with Crippen LogP contribution < -0.4 is 16.0 Å². The van der Waals surface area contributed by atoms with Gasteiger partial charge in [-0.2, -0.15) is 4.68 Å². The Hall–Kier alpha value is -4.25. The molecule has 1 fully saturated rings. The predicted molar refractivity (Wildman–Crippen MR) is 130 cm³/mol. The molecule has 2 aromatic carbocycles. The Morgan fingerprint density at radius 2 is 1.71 bits per heavy atom. The summed E-state index contributed by atoms with van der Waals surface area (Å²) in [6, 6.07) is 11.1. The first-order chi connectivity index (χ1) is 16.8. The standard InChI is InChI=1S/C24H23F2N7O2/c1-31-6-8-32(9-7-31)16-4-2-15(3-5-16)29-23-17-12-20(22-18(25)10-14(27)11-19(22)26)28-13-21(17)33(30-23)24(34)35/h2-5,10-13H,6-9,27H2,1H3,(H,29,30)(H,34,35). The molecule has 3 heterocycles. The average molecular weight is 479 g/mol. The third-order valence-electron chi connectivity index (χ3n) is 6.07. The fraction of sp³-hybridized carbons (Fsp3) is 0.208. The summed E-state index contributed by atoms with van der Waals surface area (Å²) in [5, 5.41) is 17.2. The number of nitrogens with zero attached hydrogens (tertiary/aromatic N) is 5. The van der Waals surface area contributed by atoms with Crippen molar-refractivity contribution in [2.45, 2.75) is 0 Å². The van der Waals surface area contributed by atoms with Gasteiger partial charge in [0.15, 0.2) is 5.82 Å². The zero-order chi connectivity index (χ0) is 24.7. The van der Waals surface area contributed by atoms with Crippen LogP contribution in [-0.4, -0.2) is 64.1 Å². The molecule has 1 saturated heterocycles. The molecule has 0 bridgehead atoms. The van der Waals surface area contributed by atoms with Gasteiger partial charge in [-0.1, -0.05) is 0 Å². The SMILES string of the molecule is CN1CCN(c2ccc(Nc3nn(C(=O)O)c4cnc(-c5c(F)cc(N)cc5F)cc34)cc2)CC1. The van der Waals surface area contributed by atoms with Crippen molar-refractivity contribution in [1.82, 2.24) is 19.7 Å². The molecule has 4 aromatic rings. The van der Waals surface area contributed by atoms with Gasteiger partial charge < -0.3 is 26.0 Å². The molecule has 0 amide bonds. The molecular formula is C24H23F2N7O2. The molecule has 5 rings (SSSR count). The molecule has 1 aliphatic heterocycles. The Kier molecular flexibility index (Phi) is 5.69. The van der Waals surface area contributed by atoms with Crippen LogP contribution in [0, 0.1) is 11.6 Å². The Balaban J connectivity index is 1.50. The van der Waals surface area contributed by atoms with Crippen molar-refractivity contribution in [2.75, 3.05) is 49.2 Å². The van der Waals surface area contributed by atoms with Crippen LogP contribution in [0.5, 0.6) is 0 Å². The molecule has 4 N–H and O–H groups in total. The number of nitrogens with two attached hydrogens (primary N) is 1. The predicted octanol–water partition coefficient (Wildman–Crippen LogP) is 3.98. The van der Waals surface area contributed by atoms with E-state index in [1.54, 1.807) is 0 Å². The van der Waals surface area contributed by atoms with E-state index in [1.165, 1.54) is 12.3 Å². The minimum absolute atomic E-state index is 0.00842. The second kappa shape index (κ2) is 8.84. The summed E-state index contributed by atoms with van der Waals surface area (Å²) in [6.45, 7) is 3.85. The Morgan fingerprint density at radius 1 is 1.06 bits per heavy atom. The van der Waals surface area contributed by atoms with E-state index in [2.05, 4.69) is 32.2 Å². The number of rotatable bonds is 4. The highest BCUT2D eigenvalue weighted by Crippen LogP contribution is 2.32. The molecule has 0 atom stereocenters. The fourth-order valence-corrected chi connectivity index (χ4v) is 4.18. The molecule has 0 unspecified atom stereocenters. The summed E-state index contributed by atoms with van der Waals surface area (Å²) in [6.07, 6.45) is -0.0873. The number of piperazine rings is 1. The lowest BCUT2D eigenvalue weighted by Crippen LogP contribution is -2.44. The number of carboxylic acid groups (broad SMARTS) is 1. The topological polar surface area (TPSA) is 113 Å². The molecule has 180 valence electrons. The van der Waals surface area contributed by atoms with Crippen LogP contribution in [0.3, 0.4) is 0 Å². The largest absolute Gasteiger partial charge is 0.463 e. The van der Waals surface area contributed by atoms with Crippen molar-refractivity contribution in [3.8, 4) is 11.3 Å². The van der Waals surface area contributed by atoms with Crippen molar-refractivity contribution in [3.05, 3.63) is 60.3 Å². The lowest BCUT2D eigenvalue weighted by molar-refractivity contribution is 0.194. The zero-order valence-electron chi connectivity index (χ0n) is 18.9. The minimum Gasteiger partial charge on any atom is -0.463 e. The maximum atomic E-state index is 14.5. The maximum absolute atomic E-state index is 14.5. The molecule has 35 heavy (non-hydrogen) atoms. The number of aromatic nitrogens is 3. The molecule has 0 radical (unpaired) electrons. The molecule has 0 aliphatic carbocycles. The number of nitrogens with one attached hydrogen (secondary N) is 1. The van der Waals surface area contributed by atoms with Crippen LogP contribution in [0.1, 0.15) is 0 Å². The first kappa shape index (κ1) is 22.5. The van der Waals surface area contributed by atoms with Crippen molar-refractivity contribution in [2.24, 2.45) is 0 Å². The highest BCUT2D eigenvalue weighted by Gasteiger charge is 2.20. The smallest absolute Gasteiger partial charge is 0.432 e. The second-order valence-corrected chi connectivity index (χ2v) is 8.45. The first-order valence-corrected chi connectivity index (χ1v) is 11.0. The van der Waals surface area contributed by atoms with Crippen LogP contribution in [0.25, 0.3) is 22.2 Å². The Bertz CT molecular complexity index is 1390. The summed E-state index contributed by atoms with van der Waals surface area (Å²) in [5.41, 5.74) is 7.05. The van der Waals surface area contributed by atoms with Gasteiger partial charge in [-0.15, -0.1) is 5.10 Å². The van der Waals surface area contributed by atoms with E-state index in [-0.39, 0.29) is 28.3 Å². The quantitative estimate of drug-likeness (QED) is 0.377. The van der Waals surface area contributed by atoms with Gasteiger partial charge in [0.2, 0.25) is 0 Å². The van der Waals surface area contributed by atoms with Gasteiger partial charge >= 0.3 is 6.09 Å². The van der Waals surface area contributed by atoms with Crippen LogP contribution in [0.15, 0.2) is 48.7 Å². The number of carbonyl (C=O) groups is 1. The average Bonchev–Trinajstić information content (AvgIpc) is 3.18. The third kappa shape index (κ3) is 4.33. The van der Waals surface area contributed by atoms with Crippen LogP contribution in [0.4, 0.5) is 36.5 Å². The number of anilines is 4. The van der Waals surface area contributed by atoms with Gasteiger partial charge in [0.25, 0.3) is 0 Å². The van der Waals surface area contributed by atoms with Gasteiger partial charge in [0.05, 0.1) is 17.5 Å². The van der Waals surface area contributed by atoms with Crippen LogP contribution in [0.2, 0.25) is 0 Å². The number of fused-ring (bicyclic) bond motifs is 1.